The Morgan fingerprint density at radius 3 is 2.77 bits per heavy atom. The molecule has 0 unspecified atom stereocenters. The van der Waals surface area contributed by atoms with Crippen molar-refractivity contribution in [2.75, 3.05) is 31.1 Å². The van der Waals surface area contributed by atoms with Crippen LogP contribution in [0.25, 0.3) is 0 Å². The Bertz CT molecular complexity index is 717. The van der Waals surface area contributed by atoms with Crippen LogP contribution in [0.15, 0.2) is 30.5 Å². The van der Waals surface area contributed by atoms with E-state index in [2.05, 4.69) is 27.1 Å². The fraction of sp³-hybridized carbons (Fsp3) is 0.500. The molecule has 1 aliphatic heterocycles. The first-order valence-corrected chi connectivity index (χ1v) is 9.35. The molecule has 0 atom stereocenters. The normalized spacial score (nSPS) is 15.3. The van der Waals surface area contributed by atoms with Crippen molar-refractivity contribution in [1.29, 1.82) is 0 Å². The molecule has 0 amide bonds. The summed E-state index contributed by atoms with van der Waals surface area (Å²) in [6.07, 6.45) is 5.01. The summed E-state index contributed by atoms with van der Waals surface area (Å²) >= 11 is 0. The van der Waals surface area contributed by atoms with Crippen LogP contribution in [0.2, 0.25) is 0 Å². The van der Waals surface area contributed by atoms with Crippen LogP contribution >= 0.6 is 0 Å². The van der Waals surface area contributed by atoms with Crippen LogP contribution in [-0.2, 0) is 6.42 Å². The third-order valence-corrected chi connectivity index (χ3v) is 4.77. The van der Waals surface area contributed by atoms with Crippen molar-refractivity contribution >= 4 is 5.82 Å². The van der Waals surface area contributed by atoms with Crippen molar-refractivity contribution in [3.05, 3.63) is 47.7 Å². The SMILES string of the molecule is CCc1cnc(C)nc1N1CCC(NCCOc2ccccc2F)CC1. The lowest BCUT2D eigenvalue weighted by molar-refractivity contribution is 0.284. The van der Waals surface area contributed by atoms with Crippen molar-refractivity contribution in [1.82, 2.24) is 15.3 Å². The largest absolute Gasteiger partial charge is 0.489 e. The monoisotopic (exact) mass is 358 g/mol. The second kappa shape index (κ2) is 8.94. The summed E-state index contributed by atoms with van der Waals surface area (Å²) in [5.74, 6) is 1.91. The van der Waals surface area contributed by atoms with Gasteiger partial charge in [-0.3, -0.25) is 0 Å². The summed E-state index contributed by atoms with van der Waals surface area (Å²) in [4.78, 5) is 11.3. The number of halogens is 1. The molecule has 2 heterocycles. The number of nitrogens with zero attached hydrogens (tertiary/aromatic N) is 3. The van der Waals surface area contributed by atoms with Crippen molar-refractivity contribution in [3.63, 3.8) is 0 Å². The maximum Gasteiger partial charge on any atom is 0.165 e. The van der Waals surface area contributed by atoms with E-state index in [4.69, 9.17) is 4.74 Å². The number of benzene rings is 1. The molecular formula is C20H27FN4O. The number of ether oxygens (including phenoxy) is 1. The Kier molecular flexibility index (Phi) is 6.39. The molecule has 1 aliphatic rings. The third kappa shape index (κ3) is 4.69. The number of piperidine rings is 1. The second-order valence-electron chi connectivity index (χ2n) is 6.61. The number of hydrogen-bond acceptors (Lipinski definition) is 5. The first-order chi connectivity index (χ1) is 12.7. The maximum absolute atomic E-state index is 13.5. The number of para-hydroxylation sites is 1. The number of hydrogen-bond donors (Lipinski definition) is 1. The van der Waals surface area contributed by atoms with Crippen molar-refractivity contribution in [2.45, 2.75) is 39.2 Å². The highest BCUT2D eigenvalue weighted by atomic mass is 19.1. The summed E-state index contributed by atoms with van der Waals surface area (Å²) in [6, 6.07) is 6.97. The Morgan fingerprint density at radius 1 is 1.27 bits per heavy atom. The Morgan fingerprint density at radius 2 is 2.04 bits per heavy atom. The summed E-state index contributed by atoms with van der Waals surface area (Å²) in [5.41, 5.74) is 1.21. The Balaban J connectivity index is 1.43. The van der Waals surface area contributed by atoms with E-state index >= 15 is 0 Å². The highest BCUT2D eigenvalue weighted by molar-refractivity contribution is 5.46. The minimum atomic E-state index is -0.312. The zero-order valence-electron chi connectivity index (χ0n) is 15.5. The zero-order chi connectivity index (χ0) is 18.4. The van der Waals surface area contributed by atoms with E-state index < -0.39 is 0 Å². The third-order valence-electron chi connectivity index (χ3n) is 4.77. The smallest absolute Gasteiger partial charge is 0.165 e. The zero-order valence-corrected chi connectivity index (χ0v) is 15.5. The standard InChI is InChI=1S/C20H27FN4O/c1-3-16-14-23-15(2)24-20(16)25-11-8-17(9-12-25)22-10-13-26-19-7-5-4-6-18(19)21/h4-7,14,17,22H,3,8-13H2,1-2H3. The number of nitrogens with one attached hydrogen (secondary N) is 1. The summed E-state index contributed by atoms with van der Waals surface area (Å²) < 4.78 is 19.0. The fourth-order valence-corrected chi connectivity index (χ4v) is 3.29. The van der Waals surface area contributed by atoms with E-state index in [0.29, 0.717) is 24.9 Å². The summed E-state index contributed by atoms with van der Waals surface area (Å²) in [5, 5.41) is 3.52. The topological polar surface area (TPSA) is 50.3 Å². The average Bonchev–Trinajstić information content (AvgIpc) is 2.67. The van der Waals surface area contributed by atoms with Crippen molar-refractivity contribution in [2.24, 2.45) is 0 Å². The quantitative estimate of drug-likeness (QED) is 0.771. The van der Waals surface area contributed by atoms with Gasteiger partial charge in [-0.15, -0.1) is 0 Å². The molecule has 1 aromatic carbocycles. The maximum atomic E-state index is 13.5. The number of aromatic nitrogens is 2. The van der Waals surface area contributed by atoms with Gasteiger partial charge in [-0.05, 0) is 38.3 Å². The van der Waals surface area contributed by atoms with E-state index in [9.17, 15) is 4.39 Å². The van der Waals surface area contributed by atoms with Crippen LogP contribution in [-0.4, -0.2) is 42.3 Å². The molecule has 0 aliphatic carbocycles. The molecule has 0 spiro atoms. The first-order valence-electron chi connectivity index (χ1n) is 9.35. The molecular weight excluding hydrogens is 331 g/mol. The van der Waals surface area contributed by atoms with Crippen LogP contribution in [0, 0.1) is 12.7 Å². The van der Waals surface area contributed by atoms with Gasteiger partial charge in [0.05, 0.1) is 0 Å². The first kappa shape index (κ1) is 18.6. The van der Waals surface area contributed by atoms with Gasteiger partial charge >= 0.3 is 0 Å². The van der Waals surface area contributed by atoms with E-state index in [-0.39, 0.29) is 5.82 Å². The van der Waals surface area contributed by atoms with Gasteiger partial charge in [0.25, 0.3) is 0 Å². The lowest BCUT2D eigenvalue weighted by Gasteiger charge is -2.34. The molecule has 0 bridgehead atoms. The Hall–Kier alpha value is -2.21. The number of anilines is 1. The van der Waals surface area contributed by atoms with Gasteiger partial charge in [-0.25, -0.2) is 14.4 Å². The van der Waals surface area contributed by atoms with Crippen LogP contribution < -0.4 is 15.0 Å². The van der Waals surface area contributed by atoms with E-state index in [1.807, 2.05) is 13.1 Å². The molecule has 1 saturated heterocycles. The van der Waals surface area contributed by atoms with E-state index in [1.165, 1.54) is 11.6 Å². The molecule has 0 radical (unpaired) electrons. The van der Waals surface area contributed by atoms with Crippen LogP contribution in [0.1, 0.15) is 31.2 Å². The molecule has 5 nitrogen and oxygen atoms in total. The van der Waals surface area contributed by atoms with Gasteiger partial charge in [0.2, 0.25) is 0 Å². The van der Waals surface area contributed by atoms with Gasteiger partial charge in [0.1, 0.15) is 18.2 Å². The lowest BCUT2D eigenvalue weighted by Crippen LogP contribution is -2.44. The van der Waals surface area contributed by atoms with Gasteiger partial charge < -0.3 is 15.0 Å². The van der Waals surface area contributed by atoms with Gasteiger partial charge in [-0.1, -0.05) is 19.1 Å². The highest BCUT2D eigenvalue weighted by Gasteiger charge is 2.21. The van der Waals surface area contributed by atoms with E-state index in [0.717, 1.165) is 44.0 Å². The predicted octanol–water partition coefficient (Wildman–Crippen LogP) is 3.12. The van der Waals surface area contributed by atoms with Crippen LogP contribution in [0.3, 0.4) is 0 Å². The number of rotatable bonds is 7. The van der Waals surface area contributed by atoms with Gasteiger partial charge in [0, 0.05) is 37.4 Å². The van der Waals surface area contributed by atoms with Crippen molar-refractivity contribution < 1.29 is 9.13 Å². The summed E-state index contributed by atoms with van der Waals surface area (Å²) in [7, 11) is 0. The summed E-state index contributed by atoms with van der Waals surface area (Å²) in [6.45, 7) is 7.22. The van der Waals surface area contributed by atoms with Gasteiger partial charge in [0.15, 0.2) is 11.6 Å². The minimum Gasteiger partial charge on any atom is -0.489 e. The van der Waals surface area contributed by atoms with Crippen LogP contribution in [0.4, 0.5) is 10.2 Å². The Labute approximate surface area is 154 Å². The molecule has 1 N–H and O–H groups in total. The molecule has 0 saturated carbocycles. The average molecular weight is 358 g/mol. The molecule has 26 heavy (non-hydrogen) atoms. The van der Waals surface area contributed by atoms with E-state index in [1.54, 1.807) is 18.2 Å². The fourth-order valence-electron chi connectivity index (χ4n) is 3.29. The predicted molar refractivity (Wildman–Crippen MR) is 101 cm³/mol. The second-order valence-corrected chi connectivity index (χ2v) is 6.61. The lowest BCUT2D eigenvalue weighted by atomic mass is 10.0. The molecule has 1 fully saturated rings. The van der Waals surface area contributed by atoms with Gasteiger partial charge in [-0.2, -0.15) is 0 Å². The number of aryl methyl sites for hydroxylation is 2. The minimum absolute atomic E-state index is 0.312. The molecule has 6 heteroatoms. The van der Waals surface area contributed by atoms with Crippen LogP contribution in [0.5, 0.6) is 5.75 Å². The van der Waals surface area contributed by atoms with Crippen molar-refractivity contribution in [3.8, 4) is 5.75 Å². The molecule has 3 rings (SSSR count). The molecule has 2 aromatic rings. The highest BCUT2D eigenvalue weighted by Crippen LogP contribution is 2.22. The molecule has 1 aromatic heterocycles. The molecule has 140 valence electrons.